The lowest BCUT2D eigenvalue weighted by molar-refractivity contribution is -0.165. The van der Waals surface area contributed by atoms with Gasteiger partial charge < -0.3 is 4.90 Å². The summed E-state index contributed by atoms with van der Waals surface area (Å²) in [6, 6.07) is 12.6. The Kier molecular flexibility index (Phi) is 4.93. The number of aromatic nitrogens is 2. The number of rotatable bonds is 3. The van der Waals surface area contributed by atoms with Gasteiger partial charge in [-0.1, -0.05) is 30.2 Å². The zero-order valence-corrected chi connectivity index (χ0v) is 18.8. The van der Waals surface area contributed by atoms with Gasteiger partial charge in [0, 0.05) is 30.4 Å². The van der Waals surface area contributed by atoms with Gasteiger partial charge in [-0.3, -0.25) is 10.2 Å². The van der Waals surface area contributed by atoms with Gasteiger partial charge in [-0.2, -0.15) is 13.2 Å². The summed E-state index contributed by atoms with van der Waals surface area (Å²) >= 11 is 0. The van der Waals surface area contributed by atoms with Gasteiger partial charge in [-0.05, 0) is 36.2 Å². The van der Waals surface area contributed by atoms with Crippen molar-refractivity contribution in [1.29, 1.82) is 0 Å². The van der Waals surface area contributed by atoms with Crippen molar-refractivity contribution in [2.75, 3.05) is 28.2 Å². The Morgan fingerprint density at radius 2 is 1.92 bits per heavy atom. The quantitative estimate of drug-likeness (QED) is 0.382. The Balaban J connectivity index is 1.31. The van der Waals surface area contributed by atoms with E-state index in [-0.39, 0.29) is 17.6 Å². The molecule has 8 nitrogen and oxygen atoms in total. The van der Waals surface area contributed by atoms with E-state index in [1.165, 1.54) is 18.3 Å². The number of benzene rings is 1. The summed E-state index contributed by atoms with van der Waals surface area (Å²) in [5.41, 5.74) is 4.87. The maximum atomic E-state index is 13.4. The largest absolute Gasteiger partial charge is 0.426 e. The SMILES string of the molecule is C#Cc1ccc(NC(=O)N2c3nc(-c4ccc(C5(C(F)(F)F)NN5)cc4)ccc3N3CC[C@H]2C3)nc1. The van der Waals surface area contributed by atoms with E-state index in [9.17, 15) is 18.0 Å². The van der Waals surface area contributed by atoms with Gasteiger partial charge in [0.1, 0.15) is 5.82 Å². The number of carbonyl (C=O) groups excluding carboxylic acids is 1. The average Bonchev–Trinajstić information content (AvgIpc) is 3.61. The monoisotopic (exact) mass is 491 g/mol. The van der Waals surface area contributed by atoms with Gasteiger partial charge in [-0.25, -0.2) is 25.6 Å². The van der Waals surface area contributed by atoms with Crippen molar-refractivity contribution in [2.24, 2.45) is 0 Å². The molecule has 1 aromatic carbocycles. The number of alkyl halides is 3. The number of nitrogens with one attached hydrogen (secondary N) is 3. The lowest BCUT2D eigenvalue weighted by atomic mass is 10.0. The van der Waals surface area contributed by atoms with Crippen molar-refractivity contribution >= 4 is 23.4 Å². The van der Waals surface area contributed by atoms with Crippen molar-refractivity contribution in [1.82, 2.24) is 20.8 Å². The molecule has 0 spiro atoms. The molecule has 0 unspecified atom stereocenters. The Labute approximate surface area is 204 Å². The third-order valence-electron chi connectivity index (χ3n) is 6.75. The van der Waals surface area contributed by atoms with Gasteiger partial charge in [0.15, 0.2) is 5.82 Å². The zero-order valence-electron chi connectivity index (χ0n) is 18.8. The minimum Gasteiger partial charge on any atom is -0.366 e. The number of carbonyl (C=O) groups is 1. The molecule has 3 aliphatic rings. The van der Waals surface area contributed by atoms with E-state index >= 15 is 0 Å². The minimum absolute atomic E-state index is 0.0604. The van der Waals surface area contributed by atoms with Crippen molar-refractivity contribution in [2.45, 2.75) is 24.3 Å². The highest BCUT2D eigenvalue weighted by Crippen LogP contribution is 2.43. The molecule has 0 radical (unpaired) electrons. The van der Waals surface area contributed by atoms with Crippen LogP contribution in [-0.4, -0.2) is 41.3 Å². The summed E-state index contributed by atoms with van der Waals surface area (Å²) in [5.74, 6) is 3.36. The third-order valence-corrected chi connectivity index (χ3v) is 6.75. The zero-order chi connectivity index (χ0) is 25.1. The second kappa shape index (κ2) is 7.94. The number of hydrogen-bond acceptors (Lipinski definition) is 6. The summed E-state index contributed by atoms with van der Waals surface area (Å²) < 4.78 is 40.2. The molecule has 1 atom stereocenters. The van der Waals surface area contributed by atoms with Crippen LogP contribution < -0.4 is 26.0 Å². The highest BCUT2D eigenvalue weighted by atomic mass is 19.4. The molecule has 2 saturated heterocycles. The molecule has 11 heteroatoms. The third kappa shape index (κ3) is 3.54. The fraction of sp³-hybridized carbons (Fsp3) is 0.240. The normalized spacial score (nSPS) is 19.4. The van der Waals surface area contributed by atoms with Gasteiger partial charge in [-0.15, -0.1) is 6.42 Å². The average molecular weight is 491 g/mol. The Morgan fingerprint density at radius 1 is 1.14 bits per heavy atom. The summed E-state index contributed by atoms with van der Waals surface area (Å²) in [5, 5.41) is 2.82. The molecule has 3 aromatic rings. The number of pyridine rings is 2. The number of nitrogens with zero attached hydrogens (tertiary/aromatic N) is 4. The molecule has 5 heterocycles. The van der Waals surface area contributed by atoms with Crippen LogP contribution in [0.1, 0.15) is 17.5 Å². The predicted molar refractivity (Wildman–Crippen MR) is 128 cm³/mol. The minimum atomic E-state index is -4.48. The van der Waals surface area contributed by atoms with Gasteiger partial charge in [0.25, 0.3) is 0 Å². The number of hydrogen-bond donors (Lipinski definition) is 3. The molecule has 2 fully saturated rings. The van der Waals surface area contributed by atoms with Crippen LogP contribution in [0.4, 0.5) is 35.3 Å². The van der Waals surface area contributed by atoms with Crippen LogP contribution in [0.3, 0.4) is 0 Å². The van der Waals surface area contributed by atoms with E-state index in [1.807, 2.05) is 12.1 Å². The van der Waals surface area contributed by atoms with Gasteiger partial charge in [0.2, 0.25) is 5.66 Å². The highest BCUT2D eigenvalue weighted by Gasteiger charge is 2.65. The first-order chi connectivity index (χ1) is 17.3. The standard InChI is InChI=1S/C25H20F3N7O/c1-2-15-3-10-21(29-13-15)31-23(36)35-18-11-12-34(14-18)20-9-8-19(30-22(20)35)16-4-6-17(7-5-16)24(32-33-24)25(26,27)28/h1,3-10,13,18,32-33H,11-12,14H2,(H,29,31,36)/t18-/m0/s1. The fourth-order valence-electron chi connectivity index (χ4n) is 4.76. The molecule has 2 amide bonds. The Bertz CT molecular complexity index is 1380. The van der Waals surface area contributed by atoms with Gasteiger partial charge >= 0.3 is 12.2 Å². The molecular weight excluding hydrogens is 471 g/mol. The van der Waals surface area contributed by atoms with Crippen LogP contribution in [0.2, 0.25) is 0 Å². The number of fused-ring (bicyclic) bond motifs is 4. The summed E-state index contributed by atoms with van der Waals surface area (Å²) in [4.78, 5) is 26.1. The molecule has 182 valence electrons. The second-order valence-corrected chi connectivity index (χ2v) is 8.88. The highest BCUT2D eigenvalue weighted by molar-refractivity contribution is 6.04. The number of terminal acetylenes is 1. The summed E-state index contributed by atoms with van der Waals surface area (Å²) in [6.45, 7) is 1.49. The first-order valence-corrected chi connectivity index (χ1v) is 11.3. The maximum Gasteiger partial charge on any atom is 0.426 e. The lowest BCUT2D eigenvalue weighted by Crippen LogP contribution is -2.48. The summed E-state index contributed by atoms with van der Waals surface area (Å²) in [6.07, 6.45) is 3.19. The first kappa shape index (κ1) is 22.3. The van der Waals surface area contributed by atoms with Crippen LogP contribution in [0.15, 0.2) is 54.7 Å². The van der Waals surface area contributed by atoms with Gasteiger partial charge in [0.05, 0.1) is 17.4 Å². The van der Waals surface area contributed by atoms with Crippen molar-refractivity contribution in [3.8, 4) is 23.6 Å². The van der Waals surface area contributed by atoms with E-state index < -0.39 is 11.8 Å². The molecule has 0 aliphatic carbocycles. The second-order valence-electron chi connectivity index (χ2n) is 8.88. The molecule has 36 heavy (non-hydrogen) atoms. The number of hydrazine groups is 1. The van der Waals surface area contributed by atoms with Crippen LogP contribution >= 0.6 is 0 Å². The fourth-order valence-corrected chi connectivity index (χ4v) is 4.76. The van der Waals surface area contributed by atoms with E-state index in [1.54, 1.807) is 29.2 Å². The van der Waals surface area contributed by atoms with Crippen LogP contribution in [-0.2, 0) is 5.66 Å². The Hall–Kier alpha value is -4.14. The van der Waals surface area contributed by atoms with E-state index in [4.69, 9.17) is 11.4 Å². The molecule has 3 aliphatic heterocycles. The molecule has 6 rings (SSSR count). The van der Waals surface area contributed by atoms with Crippen LogP contribution in [0.5, 0.6) is 0 Å². The van der Waals surface area contributed by atoms with Crippen LogP contribution in [0, 0.1) is 12.3 Å². The van der Waals surface area contributed by atoms with Crippen molar-refractivity contribution < 1.29 is 18.0 Å². The van der Waals surface area contributed by atoms with Crippen molar-refractivity contribution in [3.63, 3.8) is 0 Å². The van der Waals surface area contributed by atoms with Crippen LogP contribution in [0.25, 0.3) is 11.3 Å². The lowest BCUT2D eigenvalue weighted by Gasteiger charge is -2.35. The molecular formula is C25H20F3N7O. The smallest absolute Gasteiger partial charge is 0.366 e. The van der Waals surface area contributed by atoms with E-state index in [0.29, 0.717) is 35.0 Å². The molecule has 2 bridgehead atoms. The number of amides is 2. The van der Waals surface area contributed by atoms with E-state index in [2.05, 4.69) is 32.0 Å². The molecule has 2 aromatic heterocycles. The number of urea groups is 1. The Morgan fingerprint density at radius 3 is 2.56 bits per heavy atom. The topological polar surface area (TPSA) is 105 Å². The van der Waals surface area contributed by atoms with E-state index in [0.717, 1.165) is 18.7 Å². The van der Waals surface area contributed by atoms with Crippen molar-refractivity contribution in [3.05, 3.63) is 65.9 Å². The predicted octanol–water partition coefficient (Wildman–Crippen LogP) is 3.58. The molecule has 3 N–H and O–H groups in total. The number of anilines is 3. The summed E-state index contributed by atoms with van der Waals surface area (Å²) in [7, 11) is 0. The molecule has 0 saturated carbocycles. The number of halogens is 3. The first-order valence-electron chi connectivity index (χ1n) is 11.3. The maximum absolute atomic E-state index is 13.4.